The van der Waals surface area contributed by atoms with E-state index in [1.165, 1.54) is 0 Å². The van der Waals surface area contributed by atoms with Gasteiger partial charge in [0.1, 0.15) is 5.56 Å². The van der Waals surface area contributed by atoms with Crippen LogP contribution >= 0.6 is 23.2 Å². The van der Waals surface area contributed by atoms with Gasteiger partial charge in [-0.15, -0.1) is 0 Å². The number of aryl methyl sites for hydroxylation is 1. The van der Waals surface area contributed by atoms with Gasteiger partial charge >= 0.3 is 0 Å². The molecule has 0 saturated heterocycles. The van der Waals surface area contributed by atoms with Crippen LogP contribution in [0.5, 0.6) is 0 Å². The summed E-state index contributed by atoms with van der Waals surface area (Å²) >= 11 is 11.8. The van der Waals surface area contributed by atoms with Crippen LogP contribution in [0.15, 0.2) is 53.6 Å². The predicted molar refractivity (Wildman–Crippen MR) is 135 cm³/mol. The molecule has 0 aliphatic rings. The Balaban J connectivity index is 1.94. The van der Waals surface area contributed by atoms with E-state index in [2.05, 4.69) is 31.1 Å². The lowest BCUT2D eigenvalue weighted by atomic mass is 10.1. The molecule has 2 aromatic carbocycles. The zero-order valence-corrected chi connectivity index (χ0v) is 20.0. The van der Waals surface area contributed by atoms with Crippen LogP contribution < -0.4 is 16.1 Å². The van der Waals surface area contributed by atoms with Crippen LogP contribution in [0.3, 0.4) is 0 Å². The first-order valence-corrected chi connectivity index (χ1v) is 11.0. The van der Waals surface area contributed by atoms with Gasteiger partial charge in [0.25, 0.3) is 5.91 Å². The molecule has 0 unspecified atom stereocenters. The smallest absolute Gasteiger partial charge is 0.261 e. The fraction of sp³-hybridized carbons (Fsp3) is 0.217. The van der Waals surface area contributed by atoms with E-state index in [4.69, 9.17) is 23.2 Å². The first-order valence-electron chi connectivity index (χ1n) is 10.2. The monoisotopic (exact) mass is 502 g/mol. The largest absolute Gasteiger partial charge is 0.394 e. The number of nitrogens with zero attached hydrogens (tertiary/aromatic N) is 3. The van der Waals surface area contributed by atoms with E-state index in [0.29, 0.717) is 21.4 Å². The molecule has 34 heavy (non-hydrogen) atoms. The Morgan fingerprint density at radius 3 is 2.21 bits per heavy atom. The van der Waals surface area contributed by atoms with Crippen molar-refractivity contribution in [2.24, 2.45) is 5.10 Å². The third kappa shape index (κ3) is 6.64. The fourth-order valence-corrected chi connectivity index (χ4v) is 3.08. The van der Waals surface area contributed by atoms with Crippen molar-refractivity contribution in [1.82, 2.24) is 9.97 Å². The average Bonchev–Trinajstić information content (AvgIpc) is 2.81. The van der Waals surface area contributed by atoms with Crippen molar-refractivity contribution >= 4 is 52.8 Å². The number of rotatable bonds is 9. The van der Waals surface area contributed by atoms with Crippen molar-refractivity contribution in [1.29, 1.82) is 0 Å². The molecule has 3 aromatic rings. The maximum absolute atomic E-state index is 13.1. The lowest BCUT2D eigenvalue weighted by molar-refractivity contribution is 0.102. The molecule has 0 aliphatic carbocycles. The standard InChI is InChI=1S/C23H24Cl2N6O3/c1-14-19(21(34)28-18-9-7-17(25)8-10-18)20(29-22(27-14)30-23(2,12-32)13-33)31-26-11-15-3-5-16(24)6-4-15/h3-11,32-33H,12-13H2,1-2H3,(H,28,34)(H2,27,29,30,31)/b26-11+. The molecule has 1 heterocycles. The van der Waals surface area contributed by atoms with Crippen LogP contribution in [0.25, 0.3) is 0 Å². The summed E-state index contributed by atoms with van der Waals surface area (Å²) in [4.78, 5) is 21.8. The van der Waals surface area contributed by atoms with Crippen LogP contribution in [0.4, 0.5) is 17.5 Å². The number of nitrogens with one attached hydrogen (secondary N) is 3. The molecule has 0 atom stereocenters. The highest BCUT2D eigenvalue weighted by molar-refractivity contribution is 6.31. The van der Waals surface area contributed by atoms with E-state index in [-0.39, 0.29) is 30.5 Å². The number of carbonyl (C=O) groups is 1. The van der Waals surface area contributed by atoms with Crippen molar-refractivity contribution in [3.05, 3.63) is 75.4 Å². The quantitative estimate of drug-likeness (QED) is 0.221. The molecule has 5 N–H and O–H groups in total. The number of hydrogen-bond donors (Lipinski definition) is 5. The fourth-order valence-electron chi connectivity index (χ4n) is 2.82. The molecule has 0 radical (unpaired) electrons. The van der Waals surface area contributed by atoms with Gasteiger partial charge in [-0.2, -0.15) is 10.1 Å². The van der Waals surface area contributed by atoms with Crippen molar-refractivity contribution in [3.63, 3.8) is 0 Å². The van der Waals surface area contributed by atoms with Crippen LogP contribution in [0.2, 0.25) is 10.0 Å². The SMILES string of the molecule is Cc1nc(NC(C)(CO)CO)nc(N/N=C/c2ccc(Cl)cc2)c1C(=O)Nc1ccc(Cl)cc1. The maximum atomic E-state index is 13.1. The molecular weight excluding hydrogens is 479 g/mol. The number of aromatic nitrogens is 2. The Bertz CT molecular complexity index is 1170. The van der Waals surface area contributed by atoms with Crippen molar-refractivity contribution < 1.29 is 15.0 Å². The highest BCUT2D eigenvalue weighted by Gasteiger charge is 2.25. The number of benzene rings is 2. The minimum Gasteiger partial charge on any atom is -0.394 e. The van der Waals surface area contributed by atoms with E-state index in [1.54, 1.807) is 68.6 Å². The lowest BCUT2D eigenvalue weighted by Crippen LogP contribution is -2.43. The Hall–Kier alpha value is -3.24. The topological polar surface area (TPSA) is 132 Å². The summed E-state index contributed by atoms with van der Waals surface area (Å²) in [5, 5.41) is 30.2. The molecule has 0 aliphatic heterocycles. The van der Waals surface area contributed by atoms with Crippen molar-refractivity contribution in [2.45, 2.75) is 19.4 Å². The van der Waals surface area contributed by atoms with Crippen LogP contribution in [-0.2, 0) is 0 Å². The van der Waals surface area contributed by atoms with Gasteiger partial charge in [-0.1, -0.05) is 35.3 Å². The Labute approximate surface area is 206 Å². The van der Waals surface area contributed by atoms with Gasteiger partial charge in [0.05, 0.1) is 30.7 Å². The van der Waals surface area contributed by atoms with Crippen molar-refractivity contribution in [3.8, 4) is 0 Å². The second kappa shape index (κ2) is 11.3. The van der Waals surface area contributed by atoms with Crippen molar-refractivity contribution in [2.75, 3.05) is 29.3 Å². The summed E-state index contributed by atoms with van der Waals surface area (Å²) in [5.41, 5.74) is 3.57. The molecule has 0 saturated carbocycles. The van der Waals surface area contributed by atoms with Gasteiger partial charge in [0.15, 0.2) is 5.82 Å². The number of hydrogen-bond acceptors (Lipinski definition) is 8. The molecule has 3 rings (SSSR count). The van der Waals surface area contributed by atoms with Gasteiger partial charge in [-0.3, -0.25) is 10.2 Å². The lowest BCUT2D eigenvalue weighted by Gasteiger charge is -2.26. The highest BCUT2D eigenvalue weighted by atomic mass is 35.5. The number of anilines is 3. The molecule has 0 spiro atoms. The summed E-state index contributed by atoms with van der Waals surface area (Å²) in [6.07, 6.45) is 1.55. The molecule has 1 aromatic heterocycles. The van der Waals surface area contributed by atoms with Gasteiger partial charge in [0.2, 0.25) is 5.95 Å². The van der Waals surface area contributed by atoms with E-state index in [9.17, 15) is 15.0 Å². The third-order valence-corrected chi connectivity index (χ3v) is 5.29. The minimum atomic E-state index is -1.07. The van der Waals surface area contributed by atoms with Gasteiger partial charge in [-0.25, -0.2) is 4.98 Å². The molecule has 11 heteroatoms. The summed E-state index contributed by atoms with van der Waals surface area (Å²) in [6, 6.07) is 13.7. The normalized spacial score (nSPS) is 11.5. The zero-order chi connectivity index (χ0) is 24.7. The van der Waals surface area contributed by atoms with Gasteiger partial charge < -0.3 is 20.8 Å². The van der Waals surface area contributed by atoms with Crippen LogP contribution in [0, 0.1) is 6.92 Å². The molecule has 1 amide bonds. The highest BCUT2D eigenvalue weighted by Crippen LogP contribution is 2.23. The molecule has 9 nitrogen and oxygen atoms in total. The number of amides is 1. The number of carbonyl (C=O) groups excluding carboxylic acids is 1. The number of aliphatic hydroxyl groups is 2. The first-order chi connectivity index (χ1) is 16.2. The third-order valence-electron chi connectivity index (χ3n) is 4.78. The van der Waals surface area contributed by atoms with Crippen LogP contribution in [-0.4, -0.2) is 51.1 Å². The average molecular weight is 503 g/mol. The molecule has 0 fully saturated rings. The molecular formula is C23H24Cl2N6O3. The number of aliphatic hydroxyl groups excluding tert-OH is 2. The van der Waals surface area contributed by atoms with E-state index >= 15 is 0 Å². The molecule has 178 valence electrons. The maximum Gasteiger partial charge on any atom is 0.261 e. The van der Waals surface area contributed by atoms with Gasteiger partial charge in [-0.05, 0) is 55.8 Å². The summed E-state index contributed by atoms with van der Waals surface area (Å²) in [5.74, 6) is -0.220. The predicted octanol–water partition coefficient (Wildman–Crippen LogP) is 3.95. The Morgan fingerprint density at radius 1 is 1.03 bits per heavy atom. The Kier molecular flexibility index (Phi) is 8.41. The van der Waals surface area contributed by atoms with E-state index in [0.717, 1.165) is 5.56 Å². The second-order valence-corrected chi connectivity index (χ2v) is 8.61. The zero-order valence-electron chi connectivity index (χ0n) is 18.5. The summed E-state index contributed by atoms with van der Waals surface area (Å²) in [6.45, 7) is 2.54. The molecule has 0 bridgehead atoms. The minimum absolute atomic E-state index is 0.107. The second-order valence-electron chi connectivity index (χ2n) is 7.74. The van der Waals surface area contributed by atoms with Crippen LogP contribution in [0.1, 0.15) is 28.5 Å². The number of halogens is 2. The first kappa shape index (κ1) is 25.4. The number of hydrazone groups is 1. The van der Waals surface area contributed by atoms with Gasteiger partial charge in [0, 0.05) is 15.7 Å². The Morgan fingerprint density at radius 2 is 1.62 bits per heavy atom. The van der Waals surface area contributed by atoms with E-state index < -0.39 is 11.4 Å². The summed E-state index contributed by atoms with van der Waals surface area (Å²) < 4.78 is 0. The summed E-state index contributed by atoms with van der Waals surface area (Å²) in [7, 11) is 0. The van der Waals surface area contributed by atoms with E-state index in [1.807, 2.05) is 0 Å².